The number of benzene rings is 2. The zero-order valence-corrected chi connectivity index (χ0v) is 16.4. The van der Waals surface area contributed by atoms with E-state index in [4.69, 9.17) is 4.74 Å². The topological polar surface area (TPSA) is 94.8 Å². The van der Waals surface area contributed by atoms with Crippen molar-refractivity contribution in [2.45, 2.75) is 6.92 Å². The molecule has 9 heteroatoms. The number of nitrogens with zero attached hydrogens (tertiary/aromatic N) is 5. The summed E-state index contributed by atoms with van der Waals surface area (Å²) in [7, 11) is 0. The highest BCUT2D eigenvalue weighted by molar-refractivity contribution is 6.02. The number of anilines is 1. The predicted molar refractivity (Wildman–Crippen MR) is 112 cm³/mol. The maximum atomic E-state index is 14.3. The minimum absolute atomic E-state index is 0.0734. The molecule has 2 aromatic heterocycles. The van der Waals surface area contributed by atoms with Crippen molar-refractivity contribution >= 4 is 17.7 Å². The Bertz CT molecular complexity index is 1240. The molecule has 0 fully saturated rings. The predicted octanol–water partition coefficient (Wildman–Crippen LogP) is 3.95. The number of aryl methyl sites for hydroxylation is 1. The van der Waals surface area contributed by atoms with Crippen LogP contribution in [-0.2, 0) is 4.79 Å². The molecule has 1 amide bonds. The van der Waals surface area contributed by atoms with Gasteiger partial charge in [0.15, 0.2) is 17.4 Å². The zero-order valence-electron chi connectivity index (χ0n) is 16.4. The molecule has 0 aliphatic rings. The lowest BCUT2D eigenvalue weighted by atomic mass is 10.2. The fraction of sp³-hybridized carbons (Fsp3) is 0.0455. The van der Waals surface area contributed by atoms with E-state index in [1.807, 2.05) is 6.07 Å². The van der Waals surface area contributed by atoms with Crippen molar-refractivity contribution in [2.24, 2.45) is 0 Å². The summed E-state index contributed by atoms with van der Waals surface area (Å²) in [6.45, 7) is 1.78. The van der Waals surface area contributed by atoms with Crippen LogP contribution in [0.1, 0.15) is 11.4 Å². The SMILES string of the molecule is Cc1nnnn1-c1cccc(NC(=O)/C=C/c2ccc(Oc3cccnc3)c(F)c2)c1. The number of aromatic nitrogens is 5. The first-order valence-corrected chi connectivity index (χ1v) is 9.30. The van der Waals surface area contributed by atoms with Crippen LogP contribution in [0.4, 0.5) is 10.1 Å². The fourth-order valence-electron chi connectivity index (χ4n) is 2.78. The molecule has 0 unspecified atom stereocenters. The fourth-order valence-corrected chi connectivity index (χ4v) is 2.78. The van der Waals surface area contributed by atoms with E-state index < -0.39 is 5.82 Å². The quantitative estimate of drug-likeness (QED) is 0.478. The number of nitrogens with one attached hydrogen (secondary N) is 1. The second-order valence-corrected chi connectivity index (χ2v) is 6.49. The molecule has 0 bridgehead atoms. The second-order valence-electron chi connectivity index (χ2n) is 6.49. The molecule has 8 nitrogen and oxygen atoms in total. The van der Waals surface area contributed by atoms with E-state index >= 15 is 0 Å². The molecule has 0 radical (unpaired) electrons. The van der Waals surface area contributed by atoms with Gasteiger partial charge in [0.1, 0.15) is 5.75 Å². The Morgan fingerprint density at radius 2 is 2.06 bits per heavy atom. The Morgan fingerprint density at radius 3 is 2.81 bits per heavy atom. The van der Waals surface area contributed by atoms with Gasteiger partial charge in [-0.2, -0.15) is 4.68 Å². The van der Waals surface area contributed by atoms with E-state index in [0.29, 0.717) is 22.8 Å². The largest absolute Gasteiger partial charge is 0.453 e. The van der Waals surface area contributed by atoms with Gasteiger partial charge in [-0.05, 0) is 71.5 Å². The summed E-state index contributed by atoms with van der Waals surface area (Å²) in [5.41, 5.74) is 1.81. The summed E-state index contributed by atoms with van der Waals surface area (Å²) < 4.78 is 21.3. The highest BCUT2D eigenvalue weighted by atomic mass is 19.1. The average Bonchev–Trinajstić information content (AvgIpc) is 3.21. The van der Waals surface area contributed by atoms with Crippen molar-refractivity contribution in [1.29, 1.82) is 0 Å². The Hall–Kier alpha value is -4.40. The number of hydrogen-bond donors (Lipinski definition) is 1. The number of pyridine rings is 1. The molecular weight excluding hydrogens is 399 g/mol. The molecule has 2 aromatic carbocycles. The Balaban J connectivity index is 1.41. The average molecular weight is 416 g/mol. The number of tetrazole rings is 1. The zero-order chi connectivity index (χ0) is 21.6. The minimum atomic E-state index is -0.545. The van der Waals surface area contributed by atoms with Crippen LogP contribution in [0.25, 0.3) is 11.8 Å². The van der Waals surface area contributed by atoms with Gasteiger partial charge in [0.25, 0.3) is 0 Å². The van der Waals surface area contributed by atoms with E-state index in [-0.39, 0.29) is 11.7 Å². The molecule has 0 spiro atoms. The summed E-state index contributed by atoms with van der Waals surface area (Å²) in [4.78, 5) is 16.2. The van der Waals surface area contributed by atoms with E-state index in [0.717, 1.165) is 5.69 Å². The lowest BCUT2D eigenvalue weighted by Crippen LogP contribution is -2.08. The molecule has 0 aliphatic carbocycles. The van der Waals surface area contributed by atoms with Crippen molar-refractivity contribution in [1.82, 2.24) is 25.2 Å². The third-order valence-corrected chi connectivity index (χ3v) is 4.23. The molecule has 0 saturated heterocycles. The number of hydrogen-bond acceptors (Lipinski definition) is 6. The summed E-state index contributed by atoms with van der Waals surface area (Å²) in [6, 6.07) is 14.9. The van der Waals surface area contributed by atoms with Crippen LogP contribution in [0, 0.1) is 12.7 Å². The molecule has 2 heterocycles. The van der Waals surface area contributed by atoms with Crippen LogP contribution in [0.2, 0.25) is 0 Å². The molecule has 4 aromatic rings. The Labute approximate surface area is 177 Å². The van der Waals surface area contributed by atoms with Crippen molar-refractivity contribution in [3.8, 4) is 17.2 Å². The van der Waals surface area contributed by atoms with E-state index in [1.54, 1.807) is 54.2 Å². The summed E-state index contributed by atoms with van der Waals surface area (Å²) in [6.07, 6.45) is 5.94. The molecule has 0 atom stereocenters. The van der Waals surface area contributed by atoms with Gasteiger partial charge in [-0.3, -0.25) is 9.78 Å². The number of amides is 1. The van der Waals surface area contributed by atoms with E-state index in [1.165, 1.54) is 30.5 Å². The molecule has 31 heavy (non-hydrogen) atoms. The number of carbonyl (C=O) groups is 1. The van der Waals surface area contributed by atoms with Gasteiger partial charge in [0.05, 0.1) is 11.9 Å². The maximum Gasteiger partial charge on any atom is 0.248 e. The van der Waals surface area contributed by atoms with E-state index in [9.17, 15) is 9.18 Å². The van der Waals surface area contributed by atoms with Crippen LogP contribution in [-0.4, -0.2) is 31.1 Å². The maximum absolute atomic E-state index is 14.3. The van der Waals surface area contributed by atoms with Gasteiger partial charge < -0.3 is 10.1 Å². The standard InChI is InChI=1S/C22H17FN6O2/c1-15-26-27-28-29(15)18-5-2-4-17(13-18)25-22(30)10-8-16-7-9-21(20(23)12-16)31-19-6-3-11-24-14-19/h2-14H,1H3,(H,25,30)/b10-8+. The van der Waals surface area contributed by atoms with Gasteiger partial charge in [-0.15, -0.1) is 5.10 Å². The molecule has 4 rings (SSSR count). The van der Waals surface area contributed by atoms with Crippen LogP contribution < -0.4 is 10.1 Å². The number of rotatable bonds is 6. The van der Waals surface area contributed by atoms with Gasteiger partial charge in [0, 0.05) is 18.0 Å². The molecule has 0 aliphatic heterocycles. The first-order chi connectivity index (χ1) is 15.1. The Morgan fingerprint density at radius 1 is 1.16 bits per heavy atom. The molecule has 1 N–H and O–H groups in total. The second kappa shape index (κ2) is 8.95. The lowest BCUT2D eigenvalue weighted by molar-refractivity contribution is -0.111. The van der Waals surface area contributed by atoms with Gasteiger partial charge in [-0.25, -0.2) is 4.39 Å². The van der Waals surface area contributed by atoms with Crippen LogP contribution >= 0.6 is 0 Å². The molecule has 154 valence electrons. The van der Waals surface area contributed by atoms with Crippen LogP contribution in [0.3, 0.4) is 0 Å². The third kappa shape index (κ3) is 4.96. The van der Waals surface area contributed by atoms with E-state index in [2.05, 4.69) is 25.8 Å². The lowest BCUT2D eigenvalue weighted by Gasteiger charge is -2.07. The summed E-state index contributed by atoms with van der Waals surface area (Å²) in [5, 5.41) is 14.1. The van der Waals surface area contributed by atoms with Crippen LogP contribution in [0.15, 0.2) is 73.1 Å². The van der Waals surface area contributed by atoms with Crippen molar-refractivity contribution < 1.29 is 13.9 Å². The highest BCUT2D eigenvalue weighted by Crippen LogP contribution is 2.25. The first-order valence-electron chi connectivity index (χ1n) is 9.30. The summed E-state index contributed by atoms with van der Waals surface area (Å²) >= 11 is 0. The smallest absolute Gasteiger partial charge is 0.248 e. The number of ether oxygens (including phenoxy) is 1. The summed E-state index contributed by atoms with van der Waals surface area (Å²) in [5.74, 6) is 0.228. The number of halogens is 1. The van der Waals surface area contributed by atoms with Crippen molar-refractivity contribution in [2.75, 3.05) is 5.32 Å². The van der Waals surface area contributed by atoms with Crippen molar-refractivity contribution in [3.05, 3.63) is 90.3 Å². The van der Waals surface area contributed by atoms with Gasteiger partial charge in [-0.1, -0.05) is 12.1 Å². The molecular formula is C22H17FN6O2. The monoisotopic (exact) mass is 416 g/mol. The Kier molecular flexibility index (Phi) is 5.75. The first kappa shape index (κ1) is 19.9. The van der Waals surface area contributed by atoms with Gasteiger partial charge in [0.2, 0.25) is 5.91 Å². The third-order valence-electron chi connectivity index (χ3n) is 4.23. The minimum Gasteiger partial charge on any atom is -0.453 e. The normalized spacial score (nSPS) is 10.9. The van der Waals surface area contributed by atoms with Gasteiger partial charge >= 0.3 is 0 Å². The molecule has 0 saturated carbocycles. The van der Waals surface area contributed by atoms with Crippen LogP contribution in [0.5, 0.6) is 11.5 Å². The number of carbonyl (C=O) groups excluding carboxylic acids is 1. The highest BCUT2D eigenvalue weighted by Gasteiger charge is 2.07. The van der Waals surface area contributed by atoms with Crippen molar-refractivity contribution in [3.63, 3.8) is 0 Å².